The molecule has 3 aromatic carbocycles. The van der Waals surface area contributed by atoms with Gasteiger partial charge in [0.05, 0.1) is 5.56 Å². The number of carboxylic acids is 1. The minimum absolute atomic E-state index is 0.292. The van der Waals surface area contributed by atoms with Crippen molar-refractivity contribution in [2.24, 2.45) is 5.92 Å². The molecule has 1 N–H and O–H groups in total. The second-order valence-corrected chi connectivity index (χ2v) is 9.81. The van der Waals surface area contributed by atoms with Gasteiger partial charge in [-0.3, -0.25) is 0 Å². The summed E-state index contributed by atoms with van der Waals surface area (Å²) in [5, 5.41) is 10.5. The zero-order valence-corrected chi connectivity index (χ0v) is 20.6. The van der Waals surface area contributed by atoms with E-state index in [9.17, 15) is 9.90 Å². The van der Waals surface area contributed by atoms with Crippen molar-refractivity contribution >= 4 is 17.6 Å². The van der Waals surface area contributed by atoms with Gasteiger partial charge in [0.25, 0.3) is 0 Å². The van der Waals surface area contributed by atoms with Crippen molar-refractivity contribution in [1.82, 2.24) is 0 Å². The molecule has 0 bridgehead atoms. The van der Waals surface area contributed by atoms with Crippen molar-refractivity contribution in [2.75, 3.05) is 6.61 Å². The Balaban J connectivity index is 1.63. The average molecular weight is 477 g/mol. The number of aryl methyl sites for hydroxylation is 1. The van der Waals surface area contributed by atoms with Crippen molar-refractivity contribution < 1.29 is 14.6 Å². The zero-order valence-electron chi connectivity index (χ0n) is 19.8. The largest absolute Gasteiger partial charge is 0.478 e. The van der Waals surface area contributed by atoms with E-state index in [-0.39, 0.29) is 6.10 Å². The number of carboxylic acid groups (broad SMARTS) is 1. The van der Waals surface area contributed by atoms with Gasteiger partial charge < -0.3 is 9.84 Å². The zero-order chi connectivity index (χ0) is 23.9. The van der Waals surface area contributed by atoms with Crippen LogP contribution in [-0.2, 0) is 4.74 Å². The van der Waals surface area contributed by atoms with E-state index in [1.165, 1.54) is 38.5 Å². The number of halogens is 1. The van der Waals surface area contributed by atoms with Crippen molar-refractivity contribution in [3.63, 3.8) is 0 Å². The molecule has 0 saturated heterocycles. The lowest BCUT2D eigenvalue weighted by molar-refractivity contribution is 0.0694. The van der Waals surface area contributed by atoms with E-state index in [0.717, 1.165) is 34.6 Å². The Morgan fingerprint density at radius 3 is 2.47 bits per heavy atom. The molecular formula is C30H33ClO3. The first-order valence-corrected chi connectivity index (χ1v) is 12.7. The van der Waals surface area contributed by atoms with Crippen LogP contribution in [-0.4, -0.2) is 17.7 Å². The summed E-state index contributed by atoms with van der Waals surface area (Å²) in [6.45, 7) is 2.66. The highest BCUT2D eigenvalue weighted by atomic mass is 35.5. The monoisotopic (exact) mass is 476 g/mol. The van der Waals surface area contributed by atoms with Crippen molar-refractivity contribution in [1.29, 1.82) is 0 Å². The third-order valence-corrected chi connectivity index (χ3v) is 7.16. The van der Waals surface area contributed by atoms with Crippen LogP contribution in [0, 0.1) is 12.8 Å². The summed E-state index contributed by atoms with van der Waals surface area (Å²) in [5.41, 5.74) is 4.87. The molecule has 178 valence electrons. The number of hydrogen-bond donors (Lipinski definition) is 1. The predicted molar refractivity (Wildman–Crippen MR) is 139 cm³/mol. The fraction of sp³-hybridized carbons (Fsp3) is 0.367. The first-order chi connectivity index (χ1) is 16.5. The highest BCUT2D eigenvalue weighted by molar-refractivity contribution is 6.30. The van der Waals surface area contributed by atoms with Gasteiger partial charge in [-0.15, -0.1) is 0 Å². The Bertz CT molecular complexity index is 1120. The maximum absolute atomic E-state index is 12.0. The molecule has 1 aliphatic rings. The summed E-state index contributed by atoms with van der Waals surface area (Å²) >= 11 is 6.32. The van der Waals surface area contributed by atoms with Gasteiger partial charge in [-0.05, 0) is 77.8 Å². The molecular weight excluding hydrogens is 444 g/mol. The van der Waals surface area contributed by atoms with E-state index < -0.39 is 5.97 Å². The van der Waals surface area contributed by atoms with E-state index in [4.69, 9.17) is 16.3 Å². The van der Waals surface area contributed by atoms with Crippen molar-refractivity contribution in [3.8, 4) is 11.1 Å². The molecule has 0 aromatic heterocycles. The second kappa shape index (κ2) is 11.7. The van der Waals surface area contributed by atoms with Crippen LogP contribution in [0.15, 0.2) is 66.7 Å². The van der Waals surface area contributed by atoms with Crippen LogP contribution in [0.1, 0.15) is 78.1 Å². The van der Waals surface area contributed by atoms with Crippen LogP contribution >= 0.6 is 11.6 Å². The third-order valence-electron chi connectivity index (χ3n) is 6.93. The summed E-state index contributed by atoms with van der Waals surface area (Å²) in [5.74, 6) is -0.109. The van der Waals surface area contributed by atoms with E-state index in [1.807, 2.05) is 67.6 Å². The van der Waals surface area contributed by atoms with Crippen LogP contribution in [0.5, 0.6) is 0 Å². The fourth-order valence-electron chi connectivity index (χ4n) is 5.11. The van der Waals surface area contributed by atoms with Gasteiger partial charge in [0.15, 0.2) is 0 Å². The summed E-state index contributed by atoms with van der Waals surface area (Å²) in [4.78, 5) is 12.0. The van der Waals surface area contributed by atoms with Crippen LogP contribution in [0.25, 0.3) is 11.1 Å². The summed E-state index contributed by atoms with van der Waals surface area (Å²) in [6, 6.07) is 21.2. The maximum atomic E-state index is 12.0. The number of aromatic carboxylic acids is 1. The van der Waals surface area contributed by atoms with Gasteiger partial charge >= 0.3 is 5.97 Å². The second-order valence-electron chi connectivity index (χ2n) is 9.38. The van der Waals surface area contributed by atoms with E-state index in [1.54, 1.807) is 6.07 Å². The van der Waals surface area contributed by atoms with Gasteiger partial charge in [-0.1, -0.05) is 86.2 Å². The van der Waals surface area contributed by atoms with E-state index in [0.29, 0.717) is 22.8 Å². The SMILES string of the molecule is Cc1ccccc1-c1cc(C(OCCCC2CCCCC2)c2cccc(Cl)c2)ccc1C(=O)O. The molecule has 1 unspecified atom stereocenters. The van der Waals surface area contributed by atoms with Crippen molar-refractivity contribution in [2.45, 2.75) is 58.0 Å². The van der Waals surface area contributed by atoms with Gasteiger partial charge in [-0.2, -0.15) is 0 Å². The maximum Gasteiger partial charge on any atom is 0.336 e. The Morgan fingerprint density at radius 2 is 1.74 bits per heavy atom. The molecule has 3 aromatic rings. The van der Waals surface area contributed by atoms with Crippen molar-refractivity contribution in [3.05, 3.63) is 94.0 Å². The number of rotatable bonds is 9. The third kappa shape index (κ3) is 6.08. The molecule has 0 amide bonds. The molecule has 34 heavy (non-hydrogen) atoms. The van der Waals surface area contributed by atoms with E-state index >= 15 is 0 Å². The minimum Gasteiger partial charge on any atom is -0.478 e. The number of ether oxygens (including phenoxy) is 1. The smallest absolute Gasteiger partial charge is 0.336 e. The molecule has 0 radical (unpaired) electrons. The molecule has 4 heteroatoms. The highest BCUT2D eigenvalue weighted by Gasteiger charge is 2.21. The van der Waals surface area contributed by atoms with Crippen LogP contribution in [0.3, 0.4) is 0 Å². The highest BCUT2D eigenvalue weighted by Crippen LogP contribution is 2.35. The number of hydrogen-bond acceptors (Lipinski definition) is 2. The fourth-order valence-corrected chi connectivity index (χ4v) is 5.31. The standard InChI is InChI=1S/C30H33ClO3/c1-21-9-5-6-15-26(21)28-20-24(16-17-27(28)30(32)33)29(23-13-7-14-25(31)19-23)34-18-8-12-22-10-3-2-4-11-22/h5-7,9,13-17,19-20,22,29H,2-4,8,10-12,18H2,1H3,(H,32,33). The molecule has 0 aliphatic heterocycles. The molecule has 1 atom stereocenters. The van der Waals surface area contributed by atoms with Gasteiger partial charge in [-0.25, -0.2) is 4.79 Å². The Kier molecular flexibility index (Phi) is 8.42. The average Bonchev–Trinajstić information content (AvgIpc) is 2.84. The number of carbonyl (C=O) groups is 1. The quantitative estimate of drug-likeness (QED) is 0.315. The van der Waals surface area contributed by atoms with Crippen LogP contribution in [0.4, 0.5) is 0 Å². The first kappa shape index (κ1) is 24.5. The van der Waals surface area contributed by atoms with Gasteiger partial charge in [0, 0.05) is 11.6 Å². The molecule has 1 fully saturated rings. The summed E-state index contributed by atoms with van der Waals surface area (Å²) < 4.78 is 6.48. The first-order valence-electron chi connectivity index (χ1n) is 12.3. The molecule has 3 nitrogen and oxygen atoms in total. The topological polar surface area (TPSA) is 46.5 Å². The number of benzene rings is 3. The van der Waals surface area contributed by atoms with Crippen LogP contribution < -0.4 is 0 Å². The molecule has 4 rings (SSSR count). The van der Waals surface area contributed by atoms with Gasteiger partial charge in [0.1, 0.15) is 6.10 Å². The Hall–Kier alpha value is -2.62. The predicted octanol–water partition coefficient (Wildman–Crippen LogP) is 8.48. The molecule has 1 saturated carbocycles. The lowest BCUT2D eigenvalue weighted by atomic mass is 9.86. The Morgan fingerprint density at radius 1 is 0.971 bits per heavy atom. The molecule has 1 aliphatic carbocycles. The van der Waals surface area contributed by atoms with Gasteiger partial charge in [0.2, 0.25) is 0 Å². The van der Waals surface area contributed by atoms with E-state index in [2.05, 4.69) is 0 Å². The molecule has 0 spiro atoms. The lowest BCUT2D eigenvalue weighted by Gasteiger charge is -2.23. The Labute approximate surface area is 207 Å². The normalized spacial score (nSPS) is 15.2. The molecule has 0 heterocycles. The summed E-state index contributed by atoms with van der Waals surface area (Å²) in [6.07, 6.45) is 8.69. The minimum atomic E-state index is -0.933. The summed E-state index contributed by atoms with van der Waals surface area (Å²) in [7, 11) is 0. The lowest BCUT2D eigenvalue weighted by Crippen LogP contribution is -2.11. The van der Waals surface area contributed by atoms with Crippen LogP contribution in [0.2, 0.25) is 5.02 Å².